The van der Waals surface area contributed by atoms with Gasteiger partial charge in [0.1, 0.15) is 54.6 Å². The normalized spacial score (nSPS) is 41.8. The molecule has 0 radical (unpaired) electrons. The highest BCUT2D eigenvalue weighted by molar-refractivity contribution is 6.39. The molecule has 2 bridgehead atoms. The van der Waals surface area contributed by atoms with Gasteiger partial charge in [-0.15, -0.1) is 0 Å². The molecule has 1 amide bonds. The Morgan fingerprint density at radius 3 is 2.12 bits per heavy atom. The number of carbonyl (C=O) groups excluding carboxylic acids is 5. The van der Waals surface area contributed by atoms with Gasteiger partial charge >= 0.3 is 5.97 Å². The van der Waals surface area contributed by atoms with Gasteiger partial charge < -0.3 is 68.0 Å². The van der Waals surface area contributed by atoms with Gasteiger partial charge in [0.15, 0.2) is 17.4 Å². The molecular formula is C62H97NO18. The zero-order valence-corrected chi connectivity index (χ0v) is 50.4. The molecule has 6 rings (SSSR count). The van der Waals surface area contributed by atoms with Crippen molar-refractivity contribution in [3.63, 3.8) is 0 Å². The van der Waals surface area contributed by atoms with E-state index in [1.807, 2.05) is 51.2 Å². The summed E-state index contributed by atoms with van der Waals surface area (Å²) in [6, 6.07) is -1.20. The monoisotopic (exact) mass is 1140 g/mol. The maximum absolute atomic E-state index is 14.7. The number of piperidine rings is 1. The lowest BCUT2D eigenvalue weighted by Crippen LogP contribution is -2.61. The molecule has 19 nitrogen and oxygen atoms in total. The zero-order chi connectivity index (χ0) is 59.7. The molecule has 1 aliphatic carbocycles. The summed E-state index contributed by atoms with van der Waals surface area (Å²) >= 11 is 0. The number of cyclic esters (lactones) is 1. The van der Waals surface area contributed by atoms with Gasteiger partial charge in [-0.2, -0.15) is 0 Å². The first-order valence-corrected chi connectivity index (χ1v) is 29.7. The Morgan fingerprint density at radius 2 is 1.46 bits per heavy atom. The number of hydrogen-bond donors (Lipinski definition) is 4. The fourth-order valence-electron chi connectivity index (χ4n) is 12.8. The van der Waals surface area contributed by atoms with Crippen molar-refractivity contribution in [3.05, 3.63) is 47.6 Å². The van der Waals surface area contributed by atoms with Crippen LogP contribution in [0.3, 0.4) is 0 Å². The summed E-state index contributed by atoms with van der Waals surface area (Å²) in [7, 11) is 2.93. The number of nitrogens with zero attached hydrogens (tertiary/aromatic N) is 1. The Morgan fingerprint density at radius 1 is 0.778 bits per heavy atom. The molecule has 0 spiro atoms. The first-order valence-electron chi connectivity index (χ1n) is 29.7. The number of ketones is 3. The number of carbonyl (C=O) groups is 5. The molecule has 19 heteroatoms. The van der Waals surface area contributed by atoms with Crippen LogP contribution in [0.15, 0.2) is 47.6 Å². The summed E-state index contributed by atoms with van der Waals surface area (Å²) in [5.41, 5.74) is 1.12. The average Bonchev–Trinajstić information content (AvgIpc) is 3.92. The van der Waals surface area contributed by atoms with Crippen molar-refractivity contribution >= 4 is 29.2 Å². The molecule has 4 saturated heterocycles. The van der Waals surface area contributed by atoms with Crippen LogP contribution in [-0.4, -0.2) is 179 Å². The van der Waals surface area contributed by atoms with E-state index >= 15 is 0 Å². The van der Waals surface area contributed by atoms with E-state index in [0.717, 1.165) is 5.57 Å². The van der Waals surface area contributed by atoms with Crippen LogP contribution in [-0.2, 0) is 66.6 Å². The number of Topliss-reactive ketones (excluding diaryl/α,β-unsaturated/α-hetero) is 3. The fourth-order valence-corrected chi connectivity index (χ4v) is 12.8. The maximum atomic E-state index is 14.7. The molecular weight excluding hydrogens is 1050 g/mol. The molecule has 0 aromatic rings. The van der Waals surface area contributed by atoms with E-state index in [1.165, 1.54) is 12.0 Å². The van der Waals surface area contributed by atoms with Crippen molar-refractivity contribution in [2.75, 3.05) is 34.0 Å². The van der Waals surface area contributed by atoms with E-state index in [2.05, 4.69) is 0 Å². The number of hydrogen-bond acceptors (Lipinski definition) is 18. The van der Waals surface area contributed by atoms with Crippen LogP contribution in [0.25, 0.3) is 0 Å². The second-order valence-corrected chi connectivity index (χ2v) is 25.1. The Bertz CT molecular complexity index is 2280. The predicted molar refractivity (Wildman–Crippen MR) is 299 cm³/mol. The van der Waals surface area contributed by atoms with Crippen LogP contribution in [0, 0.1) is 35.5 Å². The van der Waals surface area contributed by atoms with Gasteiger partial charge in [0.25, 0.3) is 11.7 Å². The summed E-state index contributed by atoms with van der Waals surface area (Å²) < 4.78 is 55.7. The van der Waals surface area contributed by atoms with Crippen LogP contribution in [0.4, 0.5) is 0 Å². The molecule has 5 heterocycles. The predicted octanol–water partition coefficient (Wildman–Crippen LogP) is 6.58. The number of ether oxygens (including phenoxy) is 9. The van der Waals surface area contributed by atoms with Crippen molar-refractivity contribution in [1.82, 2.24) is 4.90 Å². The van der Waals surface area contributed by atoms with E-state index in [1.54, 1.807) is 68.6 Å². The molecule has 1 saturated carbocycles. The van der Waals surface area contributed by atoms with Gasteiger partial charge in [-0.05, 0) is 135 Å². The van der Waals surface area contributed by atoms with E-state index in [0.29, 0.717) is 63.4 Å². The van der Waals surface area contributed by atoms with Gasteiger partial charge in [-0.25, -0.2) is 4.79 Å². The minimum Gasteiger partial charge on any atom is -0.460 e. The highest BCUT2D eigenvalue weighted by Gasteiger charge is 2.55. The standard InChI is InChI=1S/C62H97NO18/c1-35-19-15-14-16-20-36(2)47(75-34-51-55(81-61(10,11)79-51)54-50(33-64)78-60(8,9)80-54)31-43-24-22-41(7)62(72,77-43)57(69)58(70)63-26-18-17-21-44(63)59(71)76-48(38(4)29-42-23-25-45(65)49(30-42)73-12)32-46(66)37(3)28-40(6)53(68)56(74-13)52(67)39(5)27-35/h14-16,19-20,28,35,37-39,41-45,47-51,53-56,64-65,68,72H,17-18,21-27,29-34H2,1-13H3/b16-14+,19-15+,36-20+,40-28+/t35-,37-,38-,39-,41-,42+,43+,44+,45-,47?,48+,49-,50-,51-,53-,54-,55-,56+,62-/m1/s1. The SMILES string of the molecule is CO[C@@H]1C[C@H](C[C@@H](C)[C@@H]2CC(=O)[C@H](C)/C=C(\C)[C@@H](O)[C@@H](OC)C(=O)[C@H](C)C[C@H](C)/C=C/C=C/C=C(\C)C(OC[C@H]3OC(C)(C)O[C@H]3[C@@H]3OC(C)(C)O[C@@H]3CO)C[C@@H]3CC[C@@H](C)[C@@](O)(O3)C(=O)C(=O)N3CCCC[C@H]3C(=O)O2)CC[C@H]1O. The minimum atomic E-state index is -2.56. The molecule has 458 valence electrons. The van der Waals surface area contributed by atoms with Gasteiger partial charge in [-0.1, -0.05) is 71.1 Å². The Hall–Kier alpha value is -3.57. The fraction of sp³-hybridized carbons (Fsp3) is 0.790. The lowest BCUT2D eigenvalue weighted by Gasteiger charge is -2.43. The number of methoxy groups -OCH3 is 2. The van der Waals surface area contributed by atoms with Crippen molar-refractivity contribution in [3.8, 4) is 0 Å². The summed E-state index contributed by atoms with van der Waals surface area (Å²) in [5.74, 6) is -10.7. The summed E-state index contributed by atoms with van der Waals surface area (Å²) in [4.78, 5) is 73.3. The van der Waals surface area contributed by atoms with Crippen LogP contribution in [0.2, 0.25) is 0 Å². The van der Waals surface area contributed by atoms with Gasteiger partial charge in [0.05, 0.1) is 37.6 Å². The Kier molecular flexibility index (Phi) is 23.8. The first kappa shape index (κ1) is 66.6. The van der Waals surface area contributed by atoms with E-state index in [4.69, 9.17) is 42.6 Å². The van der Waals surface area contributed by atoms with Crippen LogP contribution >= 0.6 is 0 Å². The Labute approximate surface area is 480 Å². The third kappa shape index (κ3) is 17.1. The molecule has 19 atom stereocenters. The largest absolute Gasteiger partial charge is 0.460 e. The van der Waals surface area contributed by atoms with Gasteiger partial charge in [-0.3, -0.25) is 19.2 Å². The van der Waals surface area contributed by atoms with Gasteiger partial charge in [0, 0.05) is 51.4 Å². The van der Waals surface area contributed by atoms with E-state index in [9.17, 15) is 44.4 Å². The number of amides is 1. The number of allylic oxidation sites excluding steroid dienone is 6. The second kappa shape index (κ2) is 29.0. The summed E-state index contributed by atoms with van der Waals surface area (Å²) in [6.07, 6.45) is 6.99. The molecule has 5 aliphatic heterocycles. The van der Waals surface area contributed by atoms with Crippen LogP contribution in [0.5, 0.6) is 0 Å². The summed E-state index contributed by atoms with van der Waals surface area (Å²) in [5, 5.41) is 44.8. The third-order valence-electron chi connectivity index (χ3n) is 17.6. The highest BCUT2D eigenvalue weighted by atomic mass is 16.8. The molecule has 4 N–H and O–H groups in total. The zero-order valence-electron chi connectivity index (χ0n) is 50.4. The number of aliphatic hydroxyl groups excluding tert-OH is 3. The summed E-state index contributed by atoms with van der Waals surface area (Å²) in [6.45, 7) is 19.4. The van der Waals surface area contributed by atoms with Crippen molar-refractivity contribution < 1.29 is 87.0 Å². The number of fused-ring (bicyclic) bond motifs is 3. The molecule has 1 unspecified atom stereocenters. The van der Waals surface area contributed by atoms with Crippen LogP contribution in [0.1, 0.15) is 153 Å². The molecule has 5 fully saturated rings. The average molecular weight is 1140 g/mol. The third-order valence-corrected chi connectivity index (χ3v) is 17.6. The molecule has 81 heavy (non-hydrogen) atoms. The second-order valence-electron chi connectivity index (χ2n) is 25.1. The number of esters is 1. The number of rotatable bonds is 10. The minimum absolute atomic E-state index is 0.000301. The lowest BCUT2D eigenvalue weighted by atomic mass is 9.78. The quantitative estimate of drug-likeness (QED) is 0.102. The van der Waals surface area contributed by atoms with Crippen LogP contribution < -0.4 is 0 Å². The molecule has 6 aliphatic rings. The van der Waals surface area contributed by atoms with Crippen molar-refractivity contribution in [2.24, 2.45) is 35.5 Å². The van der Waals surface area contributed by atoms with Crippen molar-refractivity contribution in [1.29, 1.82) is 0 Å². The molecule has 0 aromatic carbocycles. The smallest absolute Gasteiger partial charge is 0.329 e. The number of aliphatic hydroxyl groups is 4. The highest BCUT2D eigenvalue weighted by Crippen LogP contribution is 2.41. The lowest BCUT2D eigenvalue weighted by molar-refractivity contribution is -0.266. The maximum Gasteiger partial charge on any atom is 0.329 e. The van der Waals surface area contributed by atoms with E-state index in [-0.39, 0.29) is 74.4 Å². The topological polar surface area (TPSA) is 253 Å². The van der Waals surface area contributed by atoms with Gasteiger partial charge in [0.2, 0.25) is 5.79 Å². The van der Waals surface area contributed by atoms with Crippen molar-refractivity contribution in [2.45, 2.75) is 244 Å². The Balaban J connectivity index is 1.32. The molecule has 0 aromatic heterocycles. The van der Waals surface area contributed by atoms with E-state index < -0.39 is 120 Å². The first-order chi connectivity index (χ1) is 38.1.